The fourth-order valence-electron chi connectivity index (χ4n) is 4.51. The molecule has 2 aliphatic rings. The third-order valence-corrected chi connectivity index (χ3v) is 7.09. The zero-order chi connectivity index (χ0) is 20.7. The van der Waals surface area contributed by atoms with Gasteiger partial charge in [-0.3, -0.25) is 9.59 Å². The molecule has 6 heteroatoms. The molecule has 2 aromatic rings. The molecule has 5 nitrogen and oxygen atoms in total. The minimum Gasteiger partial charge on any atom is -0.507 e. The second kappa shape index (κ2) is 7.67. The number of aliphatic hydroxyl groups excluding tert-OH is 1. The number of thiophene rings is 1. The van der Waals surface area contributed by atoms with Crippen LogP contribution in [0, 0.1) is 13.8 Å². The van der Waals surface area contributed by atoms with Crippen LogP contribution in [0.4, 0.5) is 0 Å². The monoisotopic (exact) mass is 411 g/mol. The number of aryl methyl sites for hydroxylation is 2. The van der Waals surface area contributed by atoms with Gasteiger partial charge in [0.05, 0.1) is 12.7 Å². The van der Waals surface area contributed by atoms with Crippen LogP contribution < -0.4 is 4.74 Å². The molecule has 2 heterocycles. The molecule has 1 atom stereocenters. The van der Waals surface area contributed by atoms with Crippen LogP contribution in [0.2, 0.25) is 0 Å². The van der Waals surface area contributed by atoms with E-state index in [-0.39, 0.29) is 17.4 Å². The zero-order valence-corrected chi connectivity index (χ0v) is 17.7. The number of benzene rings is 1. The highest BCUT2D eigenvalue weighted by molar-refractivity contribution is 7.10. The summed E-state index contributed by atoms with van der Waals surface area (Å²) < 4.78 is 5.30. The van der Waals surface area contributed by atoms with Gasteiger partial charge < -0.3 is 14.7 Å². The maximum absolute atomic E-state index is 13.1. The summed E-state index contributed by atoms with van der Waals surface area (Å²) in [6.07, 6.45) is 3.91. The summed E-state index contributed by atoms with van der Waals surface area (Å²) in [7, 11) is 1.59. The standard InChI is InChI=1S/C23H25NO4S/c1-13-10-11-29-22(13)19-18(20(25)15-8-9-17(28-3)14(2)12-15)21(26)23(27)24(19)16-6-4-5-7-16/h8-12,16,19,25H,4-7H2,1-3H3/b20-18-. The first-order chi connectivity index (χ1) is 13.9. The molecule has 1 aromatic carbocycles. The van der Waals surface area contributed by atoms with Crippen LogP contribution >= 0.6 is 11.3 Å². The second-order valence-electron chi connectivity index (χ2n) is 7.80. The van der Waals surface area contributed by atoms with Crippen molar-refractivity contribution >= 4 is 28.8 Å². The lowest BCUT2D eigenvalue weighted by Crippen LogP contribution is -2.37. The number of ether oxygens (including phenoxy) is 1. The molecule has 29 heavy (non-hydrogen) atoms. The van der Waals surface area contributed by atoms with Crippen LogP contribution in [0.15, 0.2) is 35.2 Å². The van der Waals surface area contributed by atoms with Crippen molar-refractivity contribution in [3.63, 3.8) is 0 Å². The van der Waals surface area contributed by atoms with Crippen molar-refractivity contribution in [3.8, 4) is 5.75 Å². The Bertz CT molecular complexity index is 1000. The molecule has 1 aliphatic carbocycles. The fraction of sp³-hybridized carbons (Fsp3) is 0.391. The van der Waals surface area contributed by atoms with Gasteiger partial charge in [-0.2, -0.15) is 0 Å². The average Bonchev–Trinajstić information content (AvgIpc) is 3.42. The number of hydrogen-bond acceptors (Lipinski definition) is 5. The summed E-state index contributed by atoms with van der Waals surface area (Å²) in [6, 6.07) is 6.79. The molecule has 4 rings (SSSR count). The number of nitrogens with zero attached hydrogens (tertiary/aromatic N) is 1. The van der Waals surface area contributed by atoms with E-state index in [0.29, 0.717) is 11.3 Å². The maximum atomic E-state index is 13.1. The Balaban J connectivity index is 1.88. The van der Waals surface area contributed by atoms with Crippen LogP contribution in [0.3, 0.4) is 0 Å². The Morgan fingerprint density at radius 1 is 1.14 bits per heavy atom. The van der Waals surface area contributed by atoms with Crippen LogP contribution in [0.25, 0.3) is 5.76 Å². The van der Waals surface area contributed by atoms with Gasteiger partial charge in [0.2, 0.25) is 0 Å². The van der Waals surface area contributed by atoms with Gasteiger partial charge >= 0.3 is 0 Å². The van der Waals surface area contributed by atoms with E-state index in [4.69, 9.17) is 4.74 Å². The predicted octanol–water partition coefficient (Wildman–Crippen LogP) is 4.74. The van der Waals surface area contributed by atoms with E-state index in [1.807, 2.05) is 25.3 Å². The third kappa shape index (κ3) is 3.25. The number of likely N-dealkylation sites (tertiary alicyclic amines) is 1. The van der Waals surface area contributed by atoms with Crippen molar-refractivity contribution in [2.45, 2.75) is 51.6 Å². The molecule has 1 saturated heterocycles. The average molecular weight is 412 g/mol. The molecule has 2 fully saturated rings. The van der Waals surface area contributed by atoms with Crippen molar-refractivity contribution in [2.75, 3.05) is 7.11 Å². The van der Waals surface area contributed by atoms with Crippen LogP contribution in [0.5, 0.6) is 5.75 Å². The number of aliphatic hydroxyl groups is 1. The Kier molecular flexibility index (Phi) is 5.21. The molecule has 1 unspecified atom stereocenters. The first-order valence-corrected chi connectivity index (χ1v) is 10.8. The summed E-state index contributed by atoms with van der Waals surface area (Å²) in [6.45, 7) is 3.87. The SMILES string of the molecule is COc1ccc(/C(O)=C2/C(=O)C(=O)N(C3CCCC3)C2c2sccc2C)cc1C. The molecule has 1 aliphatic heterocycles. The summed E-state index contributed by atoms with van der Waals surface area (Å²) in [5.74, 6) is -0.506. The van der Waals surface area contributed by atoms with Crippen LogP contribution in [-0.4, -0.2) is 34.8 Å². The van der Waals surface area contributed by atoms with Crippen molar-refractivity contribution in [2.24, 2.45) is 0 Å². The van der Waals surface area contributed by atoms with Gasteiger partial charge in [0.1, 0.15) is 17.6 Å². The van der Waals surface area contributed by atoms with Crippen molar-refractivity contribution in [1.29, 1.82) is 0 Å². The topological polar surface area (TPSA) is 66.8 Å². The normalized spacial score (nSPS) is 21.9. The van der Waals surface area contributed by atoms with Crippen LogP contribution in [0.1, 0.15) is 53.3 Å². The molecule has 0 radical (unpaired) electrons. The van der Waals surface area contributed by atoms with Crippen molar-refractivity contribution in [1.82, 2.24) is 4.90 Å². The third-order valence-electron chi connectivity index (χ3n) is 6.02. The largest absolute Gasteiger partial charge is 0.507 e. The van der Waals surface area contributed by atoms with Crippen LogP contribution in [-0.2, 0) is 9.59 Å². The van der Waals surface area contributed by atoms with Gasteiger partial charge in [-0.05, 0) is 67.5 Å². The molecule has 1 N–H and O–H groups in total. The molecule has 1 amide bonds. The number of carbonyl (C=O) groups is 2. The molecule has 1 aromatic heterocycles. The Labute approximate surface area is 174 Å². The predicted molar refractivity (Wildman–Crippen MR) is 113 cm³/mol. The van der Waals surface area contributed by atoms with Crippen molar-refractivity contribution < 1.29 is 19.4 Å². The highest BCUT2D eigenvalue weighted by atomic mass is 32.1. The van der Waals surface area contributed by atoms with E-state index in [1.165, 1.54) is 11.3 Å². The molecule has 0 bridgehead atoms. The summed E-state index contributed by atoms with van der Waals surface area (Å²) in [4.78, 5) is 28.8. The number of methoxy groups -OCH3 is 1. The number of ketones is 1. The van der Waals surface area contributed by atoms with Gasteiger partial charge in [-0.1, -0.05) is 12.8 Å². The van der Waals surface area contributed by atoms with Gasteiger partial charge in [0.15, 0.2) is 0 Å². The van der Waals surface area contributed by atoms with Gasteiger partial charge in [-0.15, -0.1) is 11.3 Å². The Hall–Kier alpha value is -2.60. The Morgan fingerprint density at radius 3 is 2.45 bits per heavy atom. The first kappa shape index (κ1) is 19.7. The van der Waals surface area contributed by atoms with E-state index in [0.717, 1.165) is 41.7 Å². The quantitative estimate of drug-likeness (QED) is 0.448. The smallest absolute Gasteiger partial charge is 0.295 e. The van der Waals surface area contributed by atoms with Gasteiger partial charge in [0.25, 0.3) is 11.7 Å². The lowest BCUT2D eigenvalue weighted by molar-refractivity contribution is -0.141. The van der Waals surface area contributed by atoms with E-state index in [2.05, 4.69) is 0 Å². The lowest BCUT2D eigenvalue weighted by atomic mass is 9.97. The molecular formula is C23H25NO4S. The number of Topliss-reactive ketones (excluding diaryl/α,β-unsaturated/α-hetero) is 1. The number of carbonyl (C=O) groups excluding carboxylic acids is 2. The minimum atomic E-state index is -0.597. The highest BCUT2D eigenvalue weighted by Crippen LogP contribution is 2.45. The molecule has 1 saturated carbocycles. The summed E-state index contributed by atoms with van der Waals surface area (Å²) in [5.41, 5.74) is 2.59. The molecular weight excluding hydrogens is 386 g/mol. The van der Waals surface area contributed by atoms with E-state index < -0.39 is 17.7 Å². The zero-order valence-electron chi connectivity index (χ0n) is 16.9. The fourth-order valence-corrected chi connectivity index (χ4v) is 5.55. The number of rotatable bonds is 4. The molecule has 152 valence electrons. The number of hydrogen-bond donors (Lipinski definition) is 1. The Morgan fingerprint density at radius 2 is 1.86 bits per heavy atom. The minimum absolute atomic E-state index is 0.0425. The first-order valence-electron chi connectivity index (χ1n) is 9.93. The number of amides is 1. The second-order valence-corrected chi connectivity index (χ2v) is 8.74. The summed E-state index contributed by atoms with van der Waals surface area (Å²) in [5, 5.41) is 13.1. The van der Waals surface area contributed by atoms with E-state index in [9.17, 15) is 14.7 Å². The van der Waals surface area contributed by atoms with Crippen molar-refractivity contribution in [3.05, 3.63) is 56.8 Å². The van der Waals surface area contributed by atoms with Gasteiger partial charge in [-0.25, -0.2) is 0 Å². The van der Waals surface area contributed by atoms with E-state index in [1.54, 1.807) is 30.2 Å². The summed E-state index contributed by atoms with van der Waals surface area (Å²) >= 11 is 1.53. The van der Waals surface area contributed by atoms with Gasteiger partial charge in [0, 0.05) is 16.5 Å². The van der Waals surface area contributed by atoms with E-state index >= 15 is 0 Å². The highest BCUT2D eigenvalue weighted by Gasteiger charge is 2.50. The lowest BCUT2D eigenvalue weighted by Gasteiger charge is -2.30. The maximum Gasteiger partial charge on any atom is 0.295 e. The molecule has 0 spiro atoms.